The van der Waals surface area contributed by atoms with Crippen LogP contribution in [0.3, 0.4) is 0 Å². The number of rotatable bonds is 5. The quantitative estimate of drug-likeness (QED) is 0.867. The van der Waals surface area contributed by atoms with Crippen molar-refractivity contribution < 1.29 is 14.1 Å². The molecule has 1 aliphatic rings. The Labute approximate surface area is 151 Å². The van der Waals surface area contributed by atoms with E-state index in [1.807, 2.05) is 38.7 Å². The number of hydrogen-bond donors (Lipinski definition) is 1. The molecule has 0 radical (unpaired) electrons. The maximum atomic E-state index is 12.6. The average molecular weight is 351 g/mol. The maximum Gasteiger partial charge on any atom is 0.410 e. The second-order valence-corrected chi connectivity index (χ2v) is 8.13. The van der Waals surface area contributed by atoms with Gasteiger partial charge in [-0.25, -0.2) is 4.79 Å². The Morgan fingerprint density at radius 2 is 2.20 bits per heavy atom. The molecule has 2 atom stereocenters. The van der Waals surface area contributed by atoms with Crippen LogP contribution < -0.4 is 5.32 Å². The zero-order valence-corrected chi connectivity index (χ0v) is 16.3. The van der Waals surface area contributed by atoms with E-state index in [1.165, 1.54) is 6.42 Å². The highest BCUT2D eigenvalue weighted by atomic mass is 16.6. The normalized spacial score (nSPS) is 20.2. The number of ether oxygens (including phenoxy) is 1. The van der Waals surface area contributed by atoms with E-state index < -0.39 is 5.60 Å². The summed E-state index contributed by atoms with van der Waals surface area (Å²) < 4.78 is 10.9. The van der Waals surface area contributed by atoms with Gasteiger partial charge in [0.15, 0.2) is 5.76 Å². The summed E-state index contributed by atoms with van der Waals surface area (Å²) in [7, 11) is 0. The number of aryl methyl sites for hydroxylation is 1. The molecule has 1 N–H and O–H groups in total. The third-order valence-electron chi connectivity index (χ3n) is 4.43. The van der Waals surface area contributed by atoms with Crippen molar-refractivity contribution in [2.45, 2.75) is 91.0 Å². The van der Waals surface area contributed by atoms with Crippen LogP contribution in [0.5, 0.6) is 0 Å². The minimum atomic E-state index is -0.456. The third-order valence-corrected chi connectivity index (χ3v) is 4.43. The molecule has 2 unspecified atom stereocenters. The molecule has 2 heterocycles. The van der Waals surface area contributed by atoms with Crippen molar-refractivity contribution >= 4 is 6.09 Å². The van der Waals surface area contributed by atoms with Gasteiger partial charge in [-0.1, -0.05) is 18.0 Å². The Hall–Kier alpha value is -1.56. The van der Waals surface area contributed by atoms with Gasteiger partial charge in [0.25, 0.3) is 0 Å². The molecule has 0 spiro atoms. The molecule has 0 aromatic carbocycles. The topological polar surface area (TPSA) is 67.6 Å². The van der Waals surface area contributed by atoms with Gasteiger partial charge in [-0.2, -0.15) is 0 Å². The van der Waals surface area contributed by atoms with Crippen LogP contribution in [0.4, 0.5) is 4.79 Å². The first-order chi connectivity index (χ1) is 11.7. The molecule has 6 nitrogen and oxygen atoms in total. The number of likely N-dealkylation sites (tertiary alicyclic amines) is 1. The highest BCUT2D eigenvalue weighted by Gasteiger charge is 2.30. The molecule has 1 aromatic heterocycles. The first-order valence-corrected chi connectivity index (χ1v) is 9.40. The summed E-state index contributed by atoms with van der Waals surface area (Å²) in [5.74, 6) is 0.842. The lowest BCUT2D eigenvalue weighted by molar-refractivity contribution is 0.0150. The molecule has 0 saturated carbocycles. The monoisotopic (exact) mass is 351 g/mol. The fraction of sp³-hybridized carbons (Fsp3) is 0.789. The molecule has 1 amide bonds. The smallest absolute Gasteiger partial charge is 0.410 e. The molecular weight excluding hydrogens is 318 g/mol. The van der Waals surface area contributed by atoms with Crippen molar-refractivity contribution in [3.8, 4) is 0 Å². The lowest BCUT2D eigenvalue weighted by Gasteiger charge is -2.33. The number of carbonyl (C=O) groups is 1. The molecule has 0 aliphatic carbocycles. The van der Waals surface area contributed by atoms with E-state index in [2.05, 4.69) is 17.4 Å². The highest BCUT2D eigenvalue weighted by Crippen LogP contribution is 2.23. The fourth-order valence-corrected chi connectivity index (χ4v) is 3.25. The molecule has 1 aromatic rings. The Morgan fingerprint density at radius 3 is 2.84 bits per heavy atom. The van der Waals surface area contributed by atoms with Crippen LogP contribution in [0.15, 0.2) is 10.6 Å². The van der Waals surface area contributed by atoms with E-state index in [0.717, 1.165) is 43.7 Å². The first-order valence-electron chi connectivity index (χ1n) is 9.40. The van der Waals surface area contributed by atoms with E-state index in [9.17, 15) is 4.79 Å². The van der Waals surface area contributed by atoms with E-state index >= 15 is 0 Å². The number of carbonyl (C=O) groups excluding carboxylic acids is 1. The largest absolute Gasteiger partial charge is 0.444 e. The number of amides is 1. The van der Waals surface area contributed by atoms with Gasteiger partial charge in [0.05, 0.1) is 12.2 Å². The summed E-state index contributed by atoms with van der Waals surface area (Å²) in [5, 5.41) is 7.38. The molecule has 25 heavy (non-hydrogen) atoms. The van der Waals surface area contributed by atoms with Crippen LogP contribution in [-0.2, 0) is 11.3 Å². The van der Waals surface area contributed by atoms with Gasteiger partial charge >= 0.3 is 6.09 Å². The minimum Gasteiger partial charge on any atom is -0.444 e. The van der Waals surface area contributed by atoms with E-state index in [-0.39, 0.29) is 18.2 Å². The molecule has 1 aliphatic heterocycles. The predicted molar refractivity (Wildman–Crippen MR) is 97.4 cm³/mol. The number of hydrogen-bond acceptors (Lipinski definition) is 5. The van der Waals surface area contributed by atoms with Crippen LogP contribution in [0, 0.1) is 6.92 Å². The van der Waals surface area contributed by atoms with Crippen LogP contribution in [-0.4, -0.2) is 40.4 Å². The van der Waals surface area contributed by atoms with Gasteiger partial charge in [-0.3, -0.25) is 0 Å². The predicted octanol–water partition coefficient (Wildman–Crippen LogP) is 4.03. The third kappa shape index (κ3) is 6.69. The average Bonchev–Trinajstić information content (AvgIpc) is 2.77. The van der Waals surface area contributed by atoms with Gasteiger partial charge in [0, 0.05) is 24.7 Å². The molecular formula is C19H33N3O3. The summed E-state index contributed by atoms with van der Waals surface area (Å²) in [6.45, 7) is 11.3. The van der Waals surface area contributed by atoms with Crippen molar-refractivity contribution in [2.75, 3.05) is 6.54 Å². The lowest BCUT2D eigenvalue weighted by Crippen LogP contribution is -2.45. The van der Waals surface area contributed by atoms with Gasteiger partial charge in [0.2, 0.25) is 0 Å². The van der Waals surface area contributed by atoms with Crippen molar-refractivity contribution in [3.63, 3.8) is 0 Å². The SMILES string of the molecule is Cc1cc(CNC(C)CC2CCCCCN2C(=O)OC(C)(C)C)on1. The number of aromatic nitrogens is 1. The first kappa shape index (κ1) is 19.8. The molecule has 0 bridgehead atoms. The summed E-state index contributed by atoms with van der Waals surface area (Å²) in [6, 6.07) is 2.44. The van der Waals surface area contributed by atoms with Crippen molar-refractivity contribution in [2.24, 2.45) is 0 Å². The number of nitrogens with one attached hydrogen (secondary N) is 1. The highest BCUT2D eigenvalue weighted by molar-refractivity contribution is 5.68. The Kier molecular flexibility index (Phi) is 6.87. The van der Waals surface area contributed by atoms with Gasteiger partial charge in [0.1, 0.15) is 5.60 Å². The standard InChI is InChI=1S/C19H33N3O3/c1-14(20-13-17-12-15(2)21-25-17)11-16-9-7-6-8-10-22(16)18(23)24-19(3,4)5/h12,14,16,20H,6-11,13H2,1-5H3. The molecule has 2 rings (SSSR count). The van der Waals surface area contributed by atoms with Crippen molar-refractivity contribution in [1.29, 1.82) is 0 Å². The summed E-state index contributed by atoms with van der Waals surface area (Å²) >= 11 is 0. The van der Waals surface area contributed by atoms with Gasteiger partial charge in [-0.15, -0.1) is 0 Å². The zero-order valence-electron chi connectivity index (χ0n) is 16.3. The van der Waals surface area contributed by atoms with Crippen LogP contribution in [0.2, 0.25) is 0 Å². The summed E-state index contributed by atoms with van der Waals surface area (Å²) in [6.07, 6.45) is 5.15. The zero-order chi connectivity index (χ0) is 18.4. The van der Waals surface area contributed by atoms with Crippen LogP contribution >= 0.6 is 0 Å². The summed E-state index contributed by atoms with van der Waals surface area (Å²) in [4.78, 5) is 14.5. The Balaban J connectivity index is 1.91. The fourth-order valence-electron chi connectivity index (χ4n) is 3.25. The number of nitrogens with zero attached hydrogens (tertiary/aromatic N) is 2. The van der Waals surface area contributed by atoms with E-state index in [0.29, 0.717) is 6.54 Å². The molecule has 1 saturated heterocycles. The Bertz CT molecular complexity index is 550. The Morgan fingerprint density at radius 1 is 1.44 bits per heavy atom. The van der Waals surface area contributed by atoms with E-state index in [1.54, 1.807) is 0 Å². The molecule has 142 valence electrons. The lowest BCUT2D eigenvalue weighted by atomic mass is 10.0. The second-order valence-electron chi connectivity index (χ2n) is 8.13. The van der Waals surface area contributed by atoms with Crippen LogP contribution in [0.1, 0.15) is 71.3 Å². The van der Waals surface area contributed by atoms with Crippen molar-refractivity contribution in [3.05, 3.63) is 17.5 Å². The van der Waals surface area contributed by atoms with Crippen molar-refractivity contribution in [1.82, 2.24) is 15.4 Å². The van der Waals surface area contributed by atoms with Gasteiger partial charge < -0.3 is 19.5 Å². The maximum absolute atomic E-state index is 12.6. The van der Waals surface area contributed by atoms with Crippen LogP contribution in [0.25, 0.3) is 0 Å². The summed E-state index contributed by atoms with van der Waals surface area (Å²) in [5.41, 5.74) is 0.436. The second kappa shape index (κ2) is 8.70. The molecule has 6 heteroatoms. The minimum absolute atomic E-state index is 0.183. The van der Waals surface area contributed by atoms with Gasteiger partial charge in [-0.05, 0) is 53.9 Å². The molecule has 1 fully saturated rings. The van der Waals surface area contributed by atoms with E-state index in [4.69, 9.17) is 9.26 Å².